The number of nitrogens with two attached hydrogens (primary N) is 1. The van der Waals surface area contributed by atoms with Crippen LogP contribution in [0.15, 0.2) is 24.3 Å². The highest BCUT2D eigenvalue weighted by Crippen LogP contribution is 2.42. The number of benzene rings is 3. The first kappa shape index (κ1) is 58.8. The van der Waals surface area contributed by atoms with Crippen molar-refractivity contribution < 1.29 is 58.9 Å². The molecule has 0 bridgehead atoms. The summed E-state index contributed by atoms with van der Waals surface area (Å²) in [5, 5.41) is 11.6. The zero-order chi connectivity index (χ0) is 47.8. The van der Waals surface area contributed by atoms with E-state index in [4.69, 9.17) is 66.3 Å². The molecule has 0 radical (unpaired) electrons. The monoisotopic (exact) mass is 1090 g/mol. The van der Waals surface area contributed by atoms with Crippen LogP contribution in [0.2, 0.25) is 0 Å². The van der Waals surface area contributed by atoms with Crippen molar-refractivity contribution in [2.45, 2.75) is 32.6 Å². The number of phenolic OH excluding ortho intramolecular Hbond substituents is 1. The molecule has 0 spiro atoms. The molecule has 0 aliphatic carbocycles. The van der Waals surface area contributed by atoms with Gasteiger partial charge in [-0.15, -0.1) is 46.4 Å². The molecule has 1 atom stereocenters. The van der Waals surface area contributed by atoms with E-state index in [9.17, 15) is 44.5 Å². The highest BCUT2D eigenvalue weighted by atomic mass is 35.5. The van der Waals surface area contributed by atoms with Gasteiger partial charge in [-0.3, -0.25) is 9.88 Å². The summed E-state index contributed by atoms with van der Waals surface area (Å²) in [4.78, 5) is 14.0. The molecular formula is C38H47Cl4F8N4O5PS4. The number of hydrogen-bond donors (Lipinski definition) is 3. The Hall–Kier alpha value is -1.36. The summed E-state index contributed by atoms with van der Waals surface area (Å²) in [6.45, 7) is 3.13. The zero-order valence-corrected chi connectivity index (χ0v) is 41.4. The molecule has 26 heteroatoms. The van der Waals surface area contributed by atoms with E-state index in [0.29, 0.717) is 60.0 Å². The van der Waals surface area contributed by atoms with E-state index in [0.717, 1.165) is 12.6 Å². The molecule has 0 aromatic heterocycles. The molecule has 9 nitrogen and oxygen atoms in total. The summed E-state index contributed by atoms with van der Waals surface area (Å²) >= 11 is 22.9. The minimum Gasteiger partial charge on any atom is -0.503 e. The van der Waals surface area contributed by atoms with E-state index in [1.807, 2.05) is 17.0 Å². The Labute approximate surface area is 403 Å². The Morgan fingerprint density at radius 1 is 0.672 bits per heavy atom. The van der Waals surface area contributed by atoms with E-state index in [2.05, 4.69) is 5.32 Å². The third kappa shape index (κ3) is 19.3. The van der Waals surface area contributed by atoms with Crippen LogP contribution < -0.4 is 15.7 Å². The van der Waals surface area contributed by atoms with E-state index < -0.39 is 82.7 Å². The van der Waals surface area contributed by atoms with Crippen LogP contribution in [0.3, 0.4) is 0 Å². The fraction of sp³-hybridized carbons (Fsp3) is 0.500. The number of rotatable bonds is 28. The average molecular weight is 1090 g/mol. The van der Waals surface area contributed by atoms with Crippen molar-refractivity contribution in [3.8, 4) is 5.75 Å². The number of halogens is 12. The molecule has 0 saturated carbocycles. The lowest BCUT2D eigenvalue weighted by atomic mass is 10.0. The molecule has 64 heavy (non-hydrogen) atoms. The third-order valence-electron chi connectivity index (χ3n) is 8.49. The molecule has 3 aromatic carbocycles. The highest BCUT2D eigenvalue weighted by Gasteiger charge is 2.27. The number of nitrogens with zero attached hydrogens (tertiary/aromatic N) is 2. The smallest absolute Gasteiger partial charge is 0.411 e. The Kier molecular flexibility index (Phi) is 29.1. The minimum atomic E-state index is -3.49. The summed E-state index contributed by atoms with van der Waals surface area (Å²) in [6.07, 6.45) is -0.370. The quantitative estimate of drug-likeness (QED) is 0.0160. The first-order valence-electron chi connectivity index (χ1n) is 19.1. The molecule has 0 aliphatic heterocycles. The van der Waals surface area contributed by atoms with Crippen molar-refractivity contribution in [2.24, 2.45) is 5.50 Å². The summed E-state index contributed by atoms with van der Waals surface area (Å²) in [5.41, 5.74) is 5.25. The normalized spacial score (nSPS) is 12.2. The number of anilines is 2. The molecule has 0 fully saturated rings. The van der Waals surface area contributed by atoms with Crippen molar-refractivity contribution >= 4 is 115 Å². The molecule has 4 N–H and O–H groups in total. The molecule has 3 rings (SSSR count). The minimum absolute atomic E-state index is 0.101. The predicted molar refractivity (Wildman–Crippen MR) is 251 cm³/mol. The molecule has 0 heterocycles. The van der Waals surface area contributed by atoms with Crippen molar-refractivity contribution in [1.82, 2.24) is 4.67 Å². The topological polar surface area (TPSA) is 117 Å². The van der Waals surface area contributed by atoms with Gasteiger partial charge in [-0.05, 0) is 56.9 Å². The van der Waals surface area contributed by atoms with Crippen molar-refractivity contribution in [3.05, 3.63) is 87.5 Å². The number of nitrogens with one attached hydrogen (secondary N) is 1. The molecule has 0 saturated heterocycles. The van der Waals surface area contributed by atoms with Gasteiger partial charge in [0.25, 0.3) is 0 Å². The van der Waals surface area contributed by atoms with Gasteiger partial charge in [-0.25, -0.2) is 41.3 Å². The second-order valence-electron chi connectivity index (χ2n) is 12.8. The standard InChI is InChI=1S/C23H26Cl2F4N2O2S2.C15H21Cl2F4N2O3PS2/c1-15-19(26)21(28)18(22(29)20(15)27)3-2-13-34-35-14-12-33-23(32)30-16-4-6-17(7-5-16)31(10-8-24)11-9-25;16-3-5-23(6-4-17)27(22,25)26-7-9-29-28-8-1-2-10-11(18)13(20)15(24)14(21)12(10)19/h4-7H,2-3,8-14H2,1H3,(H,30,32);24H,1-9H2,(H2,22,25). The van der Waals surface area contributed by atoms with Gasteiger partial charge in [0.05, 0.1) is 6.61 Å². The van der Waals surface area contributed by atoms with Crippen LogP contribution in [-0.2, 0) is 26.7 Å². The van der Waals surface area contributed by atoms with E-state index in [1.165, 1.54) is 47.8 Å². The number of hydrogen-bond acceptors (Lipinski definition) is 10. The molecule has 3 aromatic rings. The number of amides is 1. The summed E-state index contributed by atoms with van der Waals surface area (Å²) in [5.74, 6) is -10.6. The summed E-state index contributed by atoms with van der Waals surface area (Å²) < 4.78 is 133. The lowest BCUT2D eigenvalue weighted by Gasteiger charge is -2.26. The maximum Gasteiger partial charge on any atom is 0.411 e. The second-order valence-corrected chi connectivity index (χ2v) is 21.7. The van der Waals surface area contributed by atoms with Gasteiger partial charge in [0.1, 0.15) is 6.61 Å². The van der Waals surface area contributed by atoms with Crippen LogP contribution in [0, 0.1) is 53.5 Å². The SMILES string of the molecule is Cc1c(F)c(F)c(CCCSSCCOC(=O)Nc2ccc(N(CCCl)CCCl)cc2)c(F)c1F.NP(=O)(OCCSSCCCc1c(F)c(F)c(O)c(F)c1F)N(CCCl)CCCl. The lowest BCUT2D eigenvalue weighted by molar-refractivity contribution is 0.169. The van der Waals surface area contributed by atoms with E-state index in [-0.39, 0.29) is 57.3 Å². The van der Waals surface area contributed by atoms with Crippen LogP contribution in [0.25, 0.3) is 0 Å². The van der Waals surface area contributed by atoms with Crippen LogP contribution in [-0.4, -0.2) is 102 Å². The third-order valence-corrected chi connectivity index (χ3v) is 15.8. The second kappa shape index (κ2) is 31.6. The number of aromatic hydroxyl groups is 1. The van der Waals surface area contributed by atoms with Crippen molar-refractivity contribution in [1.29, 1.82) is 0 Å². The number of carbonyl (C=O) groups is 1. The van der Waals surface area contributed by atoms with Gasteiger partial charge < -0.3 is 19.3 Å². The number of carbonyl (C=O) groups excluding carboxylic acids is 1. The molecular weight excluding hydrogens is 1050 g/mol. The molecule has 362 valence electrons. The fourth-order valence-electron chi connectivity index (χ4n) is 5.26. The molecule has 1 amide bonds. The van der Waals surface area contributed by atoms with Crippen molar-refractivity contribution in [2.75, 3.05) is 96.1 Å². The first-order valence-corrected chi connectivity index (χ1v) is 27.9. The van der Waals surface area contributed by atoms with Gasteiger partial charge in [-0.1, -0.05) is 43.2 Å². The van der Waals surface area contributed by atoms with E-state index >= 15 is 0 Å². The maximum absolute atomic E-state index is 13.9. The maximum atomic E-state index is 13.9. The van der Waals surface area contributed by atoms with Crippen LogP contribution in [0.1, 0.15) is 29.5 Å². The Morgan fingerprint density at radius 3 is 1.55 bits per heavy atom. The fourth-order valence-corrected chi connectivity index (χ4v) is 11.5. The molecule has 1 unspecified atom stereocenters. The predicted octanol–water partition coefficient (Wildman–Crippen LogP) is 12.5. The summed E-state index contributed by atoms with van der Waals surface area (Å²) in [6, 6.07) is 7.23. The van der Waals surface area contributed by atoms with Gasteiger partial charge in [0.2, 0.25) is 11.6 Å². The number of ether oxygens (including phenoxy) is 1. The molecule has 0 aliphatic rings. The van der Waals surface area contributed by atoms with Gasteiger partial charge in [-0.2, -0.15) is 8.78 Å². The first-order chi connectivity index (χ1) is 30.5. The zero-order valence-electron chi connectivity index (χ0n) is 34.2. The van der Waals surface area contributed by atoms with E-state index in [1.54, 1.807) is 12.1 Å². The number of alkyl halides is 4. The van der Waals surface area contributed by atoms with Crippen LogP contribution in [0.4, 0.5) is 51.3 Å². The Balaban J connectivity index is 0.000000448. The van der Waals surface area contributed by atoms with Gasteiger partial charge in [0.15, 0.2) is 40.7 Å². The van der Waals surface area contributed by atoms with Crippen molar-refractivity contribution in [3.63, 3.8) is 0 Å². The Morgan fingerprint density at radius 2 is 1.09 bits per heavy atom. The van der Waals surface area contributed by atoms with Gasteiger partial charge in [0, 0.05) is 101 Å². The average Bonchev–Trinajstić information content (AvgIpc) is 3.27. The summed E-state index contributed by atoms with van der Waals surface area (Å²) in [7, 11) is 2.03. The van der Waals surface area contributed by atoms with Crippen LogP contribution >= 0.6 is 97.2 Å². The largest absolute Gasteiger partial charge is 0.503 e. The van der Waals surface area contributed by atoms with Gasteiger partial charge >= 0.3 is 13.8 Å². The lowest BCUT2D eigenvalue weighted by Crippen LogP contribution is -2.29. The Bertz CT molecular complexity index is 1900. The van der Waals surface area contributed by atoms with Crippen LogP contribution in [0.5, 0.6) is 5.75 Å². The highest BCUT2D eigenvalue weighted by molar-refractivity contribution is 8.77. The number of phenols is 1.